The Morgan fingerprint density at radius 1 is 0.950 bits per heavy atom. The van der Waals surface area contributed by atoms with Crippen molar-refractivity contribution in [2.45, 2.75) is 20.8 Å². The minimum atomic E-state index is -0.359. The number of aryl methyl sites for hydroxylation is 3. The molecular weight excluding hydrogens is 252 g/mol. The number of benzene rings is 2. The smallest absolute Gasteiger partial charge is 0.343 e. The van der Waals surface area contributed by atoms with E-state index < -0.39 is 0 Å². The highest BCUT2D eigenvalue weighted by molar-refractivity contribution is 5.91. The maximum absolute atomic E-state index is 12.1. The third kappa shape index (κ3) is 2.99. The molecule has 0 aliphatic carbocycles. The van der Waals surface area contributed by atoms with Crippen LogP contribution in [0.1, 0.15) is 27.0 Å². The van der Waals surface area contributed by atoms with Gasteiger partial charge in [0.25, 0.3) is 0 Å². The van der Waals surface area contributed by atoms with Gasteiger partial charge in [-0.2, -0.15) is 0 Å². The zero-order chi connectivity index (χ0) is 14.7. The molecule has 0 spiro atoms. The first kappa shape index (κ1) is 14.1. The molecule has 0 radical (unpaired) electrons. The summed E-state index contributed by atoms with van der Waals surface area (Å²) in [5.74, 6) is 0.989. The lowest BCUT2D eigenvalue weighted by atomic mass is 10.1. The molecule has 0 atom stereocenters. The van der Waals surface area contributed by atoms with Crippen molar-refractivity contribution in [3.8, 4) is 11.5 Å². The lowest BCUT2D eigenvalue weighted by molar-refractivity contribution is 0.0732. The van der Waals surface area contributed by atoms with Crippen molar-refractivity contribution >= 4 is 5.97 Å². The quantitative estimate of drug-likeness (QED) is 0.628. The minimum Gasteiger partial charge on any atom is -0.497 e. The molecule has 20 heavy (non-hydrogen) atoms. The third-order valence-electron chi connectivity index (χ3n) is 3.13. The summed E-state index contributed by atoms with van der Waals surface area (Å²) >= 11 is 0. The molecular formula is C17H18O3. The molecule has 0 N–H and O–H groups in total. The number of esters is 1. The van der Waals surface area contributed by atoms with Gasteiger partial charge in [0.15, 0.2) is 0 Å². The van der Waals surface area contributed by atoms with E-state index in [9.17, 15) is 4.79 Å². The second-order valence-corrected chi connectivity index (χ2v) is 4.85. The van der Waals surface area contributed by atoms with Crippen LogP contribution in [-0.4, -0.2) is 13.1 Å². The van der Waals surface area contributed by atoms with Crippen LogP contribution >= 0.6 is 0 Å². The second kappa shape index (κ2) is 5.78. The first-order valence-electron chi connectivity index (χ1n) is 6.45. The Morgan fingerprint density at radius 3 is 2.00 bits per heavy atom. The molecule has 0 fully saturated rings. The van der Waals surface area contributed by atoms with Crippen LogP contribution in [0.4, 0.5) is 0 Å². The van der Waals surface area contributed by atoms with E-state index in [-0.39, 0.29) is 5.97 Å². The van der Waals surface area contributed by atoms with Crippen molar-refractivity contribution in [2.24, 2.45) is 0 Å². The van der Waals surface area contributed by atoms with E-state index in [1.54, 1.807) is 31.4 Å². The number of methoxy groups -OCH3 is 1. The molecule has 0 heterocycles. The molecule has 2 rings (SSSR count). The second-order valence-electron chi connectivity index (χ2n) is 4.85. The summed E-state index contributed by atoms with van der Waals surface area (Å²) in [5.41, 5.74) is 3.59. The van der Waals surface area contributed by atoms with Crippen LogP contribution in [0.2, 0.25) is 0 Å². The Morgan fingerprint density at radius 2 is 1.50 bits per heavy atom. The number of ether oxygens (including phenoxy) is 2. The fourth-order valence-corrected chi connectivity index (χ4v) is 2.21. The van der Waals surface area contributed by atoms with Gasteiger partial charge < -0.3 is 9.47 Å². The topological polar surface area (TPSA) is 35.5 Å². The van der Waals surface area contributed by atoms with Crippen LogP contribution in [0.3, 0.4) is 0 Å². The molecule has 0 aliphatic rings. The summed E-state index contributed by atoms with van der Waals surface area (Å²) in [6.07, 6.45) is 0. The molecule has 3 nitrogen and oxygen atoms in total. The predicted octanol–water partition coefficient (Wildman–Crippen LogP) is 3.84. The van der Waals surface area contributed by atoms with Crippen molar-refractivity contribution in [2.75, 3.05) is 7.11 Å². The minimum absolute atomic E-state index is 0.359. The molecule has 104 valence electrons. The van der Waals surface area contributed by atoms with E-state index in [0.29, 0.717) is 17.1 Å². The first-order valence-corrected chi connectivity index (χ1v) is 6.45. The average Bonchev–Trinajstić information content (AvgIpc) is 2.42. The maximum atomic E-state index is 12.1. The Hall–Kier alpha value is -2.29. The molecule has 0 amide bonds. The van der Waals surface area contributed by atoms with E-state index in [2.05, 4.69) is 0 Å². The molecule has 2 aromatic carbocycles. The Bertz CT molecular complexity index is 604. The number of hydrogen-bond acceptors (Lipinski definition) is 3. The van der Waals surface area contributed by atoms with Crippen molar-refractivity contribution in [3.63, 3.8) is 0 Å². The van der Waals surface area contributed by atoms with Crippen molar-refractivity contribution in [3.05, 3.63) is 58.7 Å². The van der Waals surface area contributed by atoms with Crippen LogP contribution < -0.4 is 9.47 Å². The monoisotopic (exact) mass is 270 g/mol. The van der Waals surface area contributed by atoms with E-state index >= 15 is 0 Å². The Kier molecular flexibility index (Phi) is 4.08. The lowest BCUT2D eigenvalue weighted by Crippen LogP contribution is -2.10. The van der Waals surface area contributed by atoms with Crippen LogP contribution in [-0.2, 0) is 0 Å². The van der Waals surface area contributed by atoms with Gasteiger partial charge in [0.1, 0.15) is 11.5 Å². The van der Waals surface area contributed by atoms with Gasteiger partial charge in [0.2, 0.25) is 0 Å². The average molecular weight is 270 g/mol. The molecule has 0 unspecified atom stereocenters. The normalized spacial score (nSPS) is 10.2. The van der Waals surface area contributed by atoms with E-state index in [1.807, 2.05) is 32.9 Å². The third-order valence-corrected chi connectivity index (χ3v) is 3.13. The van der Waals surface area contributed by atoms with Gasteiger partial charge in [-0.15, -0.1) is 0 Å². The molecule has 0 aliphatic heterocycles. The van der Waals surface area contributed by atoms with Crippen LogP contribution in [0.25, 0.3) is 0 Å². The highest BCUT2D eigenvalue weighted by atomic mass is 16.5. The summed E-state index contributed by atoms with van der Waals surface area (Å²) in [5, 5.41) is 0. The number of carbonyl (C=O) groups is 1. The lowest BCUT2D eigenvalue weighted by Gasteiger charge is -2.11. The molecule has 0 bridgehead atoms. The van der Waals surface area contributed by atoms with Gasteiger partial charge in [0.05, 0.1) is 12.7 Å². The summed E-state index contributed by atoms with van der Waals surface area (Å²) < 4.78 is 10.6. The zero-order valence-electron chi connectivity index (χ0n) is 12.2. The van der Waals surface area contributed by atoms with E-state index in [0.717, 1.165) is 16.7 Å². The van der Waals surface area contributed by atoms with Gasteiger partial charge >= 0.3 is 5.97 Å². The first-order chi connectivity index (χ1) is 9.51. The standard InChI is InChI=1S/C17H18O3/c1-11-9-12(2)16(13(3)10-11)20-17(18)14-5-7-15(19-4)8-6-14/h5-10H,1-4H3. The van der Waals surface area contributed by atoms with Crippen molar-refractivity contribution in [1.82, 2.24) is 0 Å². The molecule has 3 heteroatoms. The fourth-order valence-electron chi connectivity index (χ4n) is 2.21. The van der Waals surface area contributed by atoms with Gasteiger partial charge in [-0.3, -0.25) is 0 Å². The Labute approximate surface area is 119 Å². The number of carbonyl (C=O) groups excluding carboxylic acids is 1. The summed E-state index contributed by atoms with van der Waals surface area (Å²) in [7, 11) is 1.59. The summed E-state index contributed by atoms with van der Waals surface area (Å²) in [6.45, 7) is 5.91. The largest absolute Gasteiger partial charge is 0.497 e. The van der Waals surface area contributed by atoms with Gasteiger partial charge in [-0.05, 0) is 56.2 Å². The van der Waals surface area contributed by atoms with Gasteiger partial charge in [-0.25, -0.2) is 4.79 Å². The van der Waals surface area contributed by atoms with Crippen molar-refractivity contribution in [1.29, 1.82) is 0 Å². The Balaban J connectivity index is 2.23. The fraction of sp³-hybridized carbons (Fsp3) is 0.235. The van der Waals surface area contributed by atoms with Crippen LogP contribution in [0.5, 0.6) is 11.5 Å². The number of hydrogen-bond donors (Lipinski definition) is 0. The molecule has 0 saturated heterocycles. The zero-order valence-corrected chi connectivity index (χ0v) is 12.2. The van der Waals surface area contributed by atoms with Gasteiger partial charge in [0, 0.05) is 0 Å². The van der Waals surface area contributed by atoms with E-state index in [4.69, 9.17) is 9.47 Å². The van der Waals surface area contributed by atoms with Crippen molar-refractivity contribution < 1.29 is 14.3 Å². The molecule has 2 aromatic rings. The summed E-state index contributed by atoms with van der Waals surface area (Å²) in [4.78, 5) is 12.1. The highest BCUT2D eigenvalue weighted by Crippen LogP contribution is 2.25. The van der Waals surface area contributed by atoms with Gasteiger partial charge in [-0.1, -0.05) is 17.7 Å². The molecule has 0 aromatic heterocycles. The highest BCUT2D eigenvalue weighted by Gasteiger charge is 2.12. The SMILES string of the molecule is COc1ccc(C(=O)Oc2c(C)cc(C)cc2C)cc1. The predicted molar refractivity (Wildman–Crippen MR) is 78.6 cm³/mol. The summed E-state index contributed by atoms with van der Waals surface area (Å²) in [6, 6.07) is 10.9. The van der Waals surface area contributed by atoms with Crippen LogP contribution in [0.15, 0.2) is 36.4 Å². The van der Waals surface area contributed by atoms with Crippen LogP contribution in [0, 0.1) is 20.8 Å². The number of rotatable bonds is 3. The maximum Gasteiger partial charge on any atom is 0.343 e. The molecule has 0 saturated carbocycles. The van der Waals surface area contributed by atoms with E-state index in [1.165, 1.54) is 0 Å².